The molecule has 2 aromatic rings. The van der Waals surface area contributed by atoms with Crippen LogP contribution in [0, 0.1) is 6.92 Å². The maximum Gasteiger partial charge on any atom is 0.145 e. The fraction of sp³-hybridized carbons (Fsp3) is 0.429. The summed E-state index contributed by atoms with van der Waals surface area (Å²) in [5.41, 5.74) is 2.02. The highest BCUT2D eigenvalue weighted by Crippen LogP contribution is 2.26. The Kier molecular flexibility index (Phi) is 4.95. The molecule has 0 bridgehead atoms. The number of benzene rings is 1. The van der Waals surface area contributed by atoms with Crippen LogP contribution in [0.3, 0.4) is 0 Å². The fourth-order valence-electron chi connectivity index (χ4n) is 1.64. The molecule has 6 nitrogen and oxygen atoms in total. The number of hydrogen-bond donors (Lipinski definition) is 1. The summed E-state index contributed by atoms with van der Waals surface area (Å²) in [5, 5.41) is 16.8. The van der Waals surface area contributed by atoms with Gasteiger partial charge in [-0.3, -0.25) is 0 Å². The van der Waals surface area contributed by atoms with Gasteiger partial charge in [-0.05, 0) is 25.5 Å². The first-order valence-electron chi connectivity index (χ1n) is 6.52. The highest BCUT2D eigenvalue weighted by molar-refractivity contribution is 5.40. The van der Waals surface area contributed by atoms with Crippen LogP contribution in [0.5, 0.6) is 11.5 Å². The van der Waals surface area contributed by atoms with E-state index in [2.05, 4.69) is 14.9 Å². The number of aromatic nitrogens is 2. The predicted molar refractivity (Wildman–Crippen MR) is 71.5 cm³/mol. The van der Waals surface area contributed by atoms with E-state index in [4.69, 9.17) is 9.47 Å². The van der Waals surface area contributed by atoms with Crippen molar-refractivity contribution < 1.29 is 19.2 Å². The van der Waals surface area contributed by atoms with Gasteiger partial charge in [0.1, 0.15) is 29.5 Å². The summed E-state index contributed by atoms with van der Waals surface area (Å²) in [6.07, 6.45) is 0.932. The number of aliphatic hydroxyl groups excluding tert-OH is 1. The predicted octanol–water partition coefficient (Wildman–Crippen LogP) is 2.24. The van der Waals surface area contributed by atoms with Gasteiger partial charge in [0.15, 0.2) is 0 Å². The first-order valence-corrected chi connectivity index (χ1v) is 6.52. The van der Waals surface area contributed by atoms with E-state index in [-0.39, 0.29) is 13.2 Å². The van der Waals surface area contributed by atoms with Gasteiger partial charge in [-0.15, -0.1) is 0 Å². The van der Waals surface area contributed by atoms with Crippen molar-refractivity contribution in [3.8, 4) is 11.5 Å². The van der Waals surface area contributed by atoms with Crippen molar-refractivity contribution >= 4 is 0 Å². The summed E-state index contributed by atoms with van der Waals surface area (Å²) in [6, 6.07) is 5.37. The summed E-state index contributed by atoms with van der Waals surface area (Å²) in [4.78, 5) is 0. The molecular formula is C14H18N2O4. The van der Waals surface area contributed by atoms with Crippen molar-refractivity contribution in [2.24, 2.45) is 0 Å². The lowest BCUT2D eigenvalue weighted by Crippen LogP contribution is -2.02. The number of aliphatic hydroxyl groups is 1. The molecule has 0 aliphatic rings. The Labute approximate surface area is 117 Å². The second-order valence-corrected chi connectivity index (χ2v) is 4.36. The SMILES string of the molecule is CCCOc1ccc(CO)c(OCc2nonc2C)c1. The highest BCUT2D eigenvalue weighted by atomic mass is 16.6. The molecule has 0 radical (unpaired) electrons. The minimum Gasteiger partial charge on any atom is -0.493 e. The van der Waals surface area contributed by atoms with E-state index in [0.29, 0.717) is 35.1 Å². The van der Waals surface area contributed by atoms with Gasteiger partial charge in [-0.25, -0.2) is 4.63 Å². The van der Waals surface area contributed by atoms with Crippen LogP contribution in [0.4, 0.5) is 0 Å². The molecule has 20 heavy (non-hydrogen) atoms. The van der Waals surface area contributed by atoms with Gasteiger partial charge in [0.05, 0.1) is 13.2 Å². The molecule has 6 heteroatoms. The quantitative estimate of drug-likeness (QED) is 0.837. The summed E-state index contributed by atoms with van der Waals surface area (Å²) in [6.45, 7) is 4.62. The number of hydrogen-bond acceptors (Lipinski definition) is 6. The Bertz CT molecular complexity index is 554. The Morgan fingerprint density at radius 1 is 1.25 bits per heavy atom. The van der Waals surface area contributed by atoms with Gasteiger partial charge in [0.25, 0.3) is 0 Å². The molecule has 0 saturated carbocycles. The number of ether oxygens (including phenoxy) is 2. The summed E-state index contributed by atoms with van der Waals surface area (Å²) in [7, 11) is 0. The van der Waals surface area contributed by atoms with Crippen molar-refractivity contribution in [1.29, 1.82) is 0 Å². The van der Waals surface area contributed by atoms with Gasteiger partial charge < -0.3 is 14.6 Å². The zero-order valence-corrected chi connectivity index (χ0v) is 11.6. The van der Waals surface area contributed by atoms with Gasteiger partial charge in [0.2, 0.25) is 0 Å². The molecule has 0 fully saturated rings. The zero-order chi connectivity index (χ0) is 14.4. The fourth-order valence-corrected chi connectivity index (χ4v) is 1.64. The minimum atomic E-state index is -0.0978. The van der Waals surface area contributed by atoms with Crippen LogP contribution in [-0.4, -0.2) is 22.0 Å². The van der Waals surface area contributed by atoms with Crippen molar-refractivity contribution in [3.05, 3.63) is 35.2 Å². The molecule has 0 aliphatic heterocycles. The lowest BCUT2D eigenvalue weighted by Gasteiger charge is -2.12. The molecule has 0 atom stereocenters. The summed E-state index contributed by atoms with van der Waals surface area (Å²) in [5.74, 6) is 1.29. The maximum absolute atomic E-state index is 9.33. The van der Waals surface area contributed by atoms with Crippen LogP contribution in [0.1, 0.15) is 30.3 Å². The minimum absolute atomic E-state index is 0.0978. The maximum atomic E-state index is 9.33. The average molecular weight is 278 g/mol. The third-order valence-electron chi connectivity index (χ3n) is 2.79. The first kappa shape index (κ1) is 14.3. The van der Waals surface area contributed by atoms with E-state index in [1.807, 2.05) is 13.0 Å². The van der Waals surface area contributed by atoms with Crippen LogP contribution in [0.15, 0.2) is 22.8 Å². The molecule has 0 amide bonds. The second-order valence-electron chi connectivity index (χ2n) is 4.36. The molecule has 1 aromatic carbocycles. The van der Waals surface area contributed by atoms with E-state index in [9.17, 15) is 5.11 Å². The number of rotatable bonds is 7. The molecular weight excluding hydrogens is 260 g/mol. The Hall–Kier alpha value is -2.08. The Morgan fingerprint density at radius 2 is 2.10 bits per heavy atom. The van der Waals surface area contributed by atoms with Crippen LogP contribution in [-0.2, 0) is 13.2 Å². The largest absolute Gasteiger partial charge is 0.493 e. The van der Waals surface area contributed by atoms with Crippen molar-refractivity contribution in [2.45, 2.75) is 33.5 Å². The molecule has 0 aliphatic carbocycles. The third kappa shape index (κ3) is 3.48. The number of aryl methyl sites for hydroxylation is 1. The molecule has 108 valence electrons. The third-order valence-corrected chi connectivity index (χ3v) is 2.79. The molecule has 1 heterocycles. The normalized spacial score (nSPS) is 10.6. The van der Waals surface area contributed by atoms with Gasteiger partial charge in [-0.2, -0.15) is 0 Å². The van der Waals surface area contributed by atoms with Crippen molar-refractivity contribution in [1.82, 2.24) is 10.3 Å². The van der Waals surface area contributed by atoms with Crippen molar-refractivity contribution in [3.63, 3.8) is 0 Å². The molecule has 0 unspecified atom stereocenters. The van der Waals surface area contributed by atoms with Crippen LogP contribution < -0.4 is 9.47 Å². The highest BCUT2D eigenvalue weighted by Gasteiger charge is 2.09. The summed E-state index contributed by atoms with van der Waals surface area (Å²) < 4.78 is 15.8. The van der Waals surface area contributed by atoms with Crippen LogP contribution in [0.2, 0.25) is 0 Å². The standard InChI is InChI=1S/C14H18N2O4/c1-3-6-18-12-5-4-11(8-17)14(7-12)19-9-13-10(2)15-20-16-13/h4-5,7,17H,3,6,8-9H2,1-2H3. The smallest absolute Gasteiger partial charge is 0.145 e. The molecule has 2 rings (SSSR count). The van der Waals surface area contributed by atoms with Gasteiger partial charge >= 0.3 is 0 Å². The number of nitrogens with zero attached hydrogens (tertiary/aromatic N) is 2. The van der Waals surface area contributed by atoms with Crippen molar-refractivity contribution in [2.75, 3.05) is 6.61 Å². The van der Waals surface area contributed by atoms with Gasteiger partial charge in [0, 0.05) is 11.6 Å². The molecule has 1 N–H and O–H groups in total. The average Bonchev–Trinajstić information content (AvgIpc) is 2.88. The van der Waals surface area contributed by atoms with E-state index < -0.39 is 0 Å². The zero-order valence-electron chi connectivity index (χ0n) is 11.6. The van der Waals surface area contributed by atoms with E-state index in [0.717, 1.165) is 6.42 Å². The Balaban J connectivity index is 2.09. The van der Waals surface area contributed by atoms with E-state index in [1.165, 1.54) is 0 Å². The lowest BCUT2D eigenvalue weighted by molar-refractivity contribution is 0.247. The molecule has 0 spiro atoms. The molecule has 0 saturated heterocycles. The van der Waals surface area contributed by atoms with E-state index >= 15 is 0 Å². The lowest BCUT2D eigenvalue weighted by atomic mass is 10.2. The summed E-state index contributed by atoms with van der Waals surface area (Å²) >= 11 is 0. The Morgan fingerprint density at radius 3 is 2.75 bits per heavy atom. The molecule has 1 aromatic heterocycles. The first-order chi connectivity index (χ1) is 9.74. The second kappa shape index (κ2) is 6.91. The topological polar surface area (TPSA) is 77.6 Å². The van der Waals surface area contributed by atoms with E-state index in [1.54, 1.807) is 19.1 Å². The van der Waals surface area contributed by atoms with Crippen LogP contribution >= 0.6 is 0 Å². The monoisotopic (exact) mass is 278 g/mol. The van der Waals surface area contributed by atoms with Gasteiger partial charge in [-0.1, -0.05) is 17.2 Å². The van der Waals surface area contributed by atoms with Crippen LogP contribution in [0.25, 0.3) is 0 Å².